The van der Waals surface area contributed by atoms with Crippen molar-refractivity contribution in [3.05, 3.63) is 45.7 Å². The van der Waals surface area contributed by atoms with E-state index in [4.69, 9.17) is 23.2 Å². The Labute approximate surface area is 87.0 Å². The average Bonchev–Trinajstić information content (AvgIpc) is 2.02. The lowest BCUT2D eigenvalue weighted by molar-refractivity contribution is 0.704. The topological polar surface area (TPSA) is 0 Å². The summed E-state index contributed by atoms with van der Waals surface area (Å²) in [5, 5.41) is 1.16. The van der Waals surface area contributed by atoms with Gasteiger partial charge in [-0.25, -0.2) is 4.39 Å². The van der Waals surface area contributed by atoms with Crippen LogP contribution in [0.5, 0.6) is 0 Å². The summed E-state index contributed by atoms with van der Waals surface area (Å²) in [6, 6.07) is 5.21. The van der Waals surface area contributed by atoms with Gasteiger partial charge in [-0.3, -0.25) is 0 Å². The molecule has 0 spiro atoms. The average molecular weight is 219 g/mol. The third kappa shape index (κ3) is 3.37. The quantitative estimate of drug-likeness (QED) is 0.691. The van der Waals surface area contributed by atoms with E-state index in [1.54, 1.807) is 25.1 Å². The fraction of sp³-hybridized carbons (Fsp3) is 0.200. The zero-order valence-electron chi connectivity index (χ0n) is 7.15. The van der Waals surface area contributed by atoms with E-state index in [9.17, 15) is 4.39 Å². The second-order valence-corrected chi connectivity index (χ2v) is 3.78. The Hall–Kier alpha value is -0.530. The summed E-state index contributed by atoms with van der Waals surface area (Å²) < 4.78 is 12.0. The molecule has 1 aromatic carbocycles. The SMILES string of the molecule is C/C(=C/F)Cc1cc(Cl)cc(Cl)c1. The minimum absolute atomic E-state index is 0.538. The Morgan fingerprint density at radius 1 is 1.31 bits per heavy atom. The highest BCUT2D eigenvalue weighted by Gasteiger charge is 1.99. The number of benzene rings is 1. The molecule has 0 saturated heterocycles. The summed E-state index contributed by atoms with van der Waals surface area (Å²) in [5.41, 5.74) is 1.57. The van der Waals surface area contributed by atoms with E-state index in [-0.39, 0.29) is 0 Å². The molecule has 0 heterocycles. The molecular weight excluding hydrogens is 210 g/mol. The first-order chi connectivity index (χ1) is 6.11. The van der Waals surface area contributed by atoms with Gasteiger partial charge in [0.05, 0.1) is 6.33 Å². The maximum absolute atomic E-state index is 12.0. The molecule has 1 aromatic rings. The molecular formula is C10H9Cl2F. The third-order valence-corrected chi connectivity index (χ3v) is 2.03. The van der Waals surface area contributed by atoms with Crippen molar-refractivity contribution in [2.75, 3.05) is 0 Å². The van der Waals surface area contributed by atoms with Gasteiger partial charge in [-0.15, -0.1) is 0 Å². The highest BCUT2D eigenvalue weighted by Crippen LogP contribution is 2.20. The second kappa shape index (κ2) is 4.64. The lowest BCUT2D eigenvalue weighted by atomic mass is 10.1. The van der Waals surface area contributed by atoms with Crippen LogP contribution in [0.3, 0.4) is 0 Å². The van der Waals surface area contributed by atoms with Crippen LogP contribution in [0.15, 0.2) is 30.1 Å². The molecule has 0 aliphatic rings. The summed E-state index contributed by atoms with van der Waals surface area (Å²) in [4.78, 5) is 0. The van der Waals surface area contributed by atoms with Crippen LogP contribution in [-0.4, -0.2) is 0 Å². The maximum atomic E-state index is 12.0. The predicted octanol–water partition coefficient (Wildman–Crippen LogP) is 4.41. The molecule has 0 N–H and O–H groups in total. The van der Waals surface area contributed by atoms with Crippen LogP contribution in [0.25, 0.3) is 0 Å². The van der Waals surface area contributed by atoms with Crippen molar-refractivity contribution in [2.45, 2.75) is 13.3 Å². The second-order valence-electron chi connectivity index (χ2n) is 2.91. The minimum Gasteiger partial charge on any atom is -0.216 e. The van der Waals surface area contributed by atoms with Crippen molar-refractivity contribution in [3.63, 3.8) is 0 Å². The summed E-state index contributed by atoms with van der Waals surface area (Å²) in [7, 11) is 0. The molecule has 0 unspecified atom stereocenters. The monoisotopic (exact) mass is 218 g/mol. The molecule has 3 heteroatoms. The predicted molar refractivity (Wildman–Crippen MR) is 55.0 cm³/mol. The van der Waals surface area contributed by atoms with Crippen molar-refractivity contribution < 1.29 is 4.39 Å². The zero-order valence-corrected chi connectivity index (χ0v) is 8.66. The fourth-order valence-corrected chi connectivity index (χ4v) is 1.64. The number of hydrogen-bond acceptors (Lipinski definition) is 0. The van der Waals surface area contributed by atoms with Gasteiger partial charge in [-0.2, -0.15) is 0 Å². The van der Waals surface area contributed by atoms with Crippen molar-refractivity contribution in [3.8, 4) is 0 Å². The van der Waals surface area contributed by atoms with Crippen LogP contribution < -0.4 is 0 Å². The normalized spacial score (nSPS) is 11.8. The third-order valence-electron chi connectivity index (χ3n) is 1.59. The molecule has 1 rings (SSSR count). The molecule has 0 saturated carbocycles. The molecule has 0 nitrogen and oxygen atoms in total. The van der Waals surface area contributed by atoms with E-state index < -0.39 is 0 Å². The first-order valence-electron chi connectivity index (χ1n) is 3.82. The van der Waals surface area contributed by atoms with Crippen LogP contribution in [0, 0.1) is 0 Å². The van der Waals surface area contributed by atoms with Gasteiger partial charge < -0.3 is 0 Å². The number of rotatable bonds is 2. The molecule has 0 amide bonds. The molecule has 0 aliphatic carbocycles. The Balaban J connectivity index is 2.89. The van der Waals surface area contributed by atoms with E-state index in [0.717, 1.165) is 5.56 Å². The highest BCUT2D eigenvalue weighted by molar-refractivity contribution is 6.34. The van der Waals surface area contributed by atoms with E-state index in [1.807, 2.05) is 0 Å². The summed E-state index contributed by atoms with van der Waals surface area (Å²) in [6.45, 7) is 1.72. The fourth-order valence-electron chi connectivity index (χ4n) is 1.07. The molecule has 0 bridgehead atoms. The van der Waals surface area contributed by atoms with Crippen LogP contribution in [0.4, 0.5) is 4.39 Å². The van der Waals surface area contributed by atoms with Gasteiger partial charge in [0, 0.05) is 10.0 Å². The van der Waals surface area contributed by atoms with E-state index in [1.165, 1.54) is 0 Å². The van der Waals surface area contributed by atoms with Gasteiger partial charge in [0.25, 0.3) is 0 Å². The van der Waals surface area contributed by atoms with Gasteiger partial charge in [0.15, 0.2) is 0 Å². The molecule has 0 aliphatic heterocycles. The number of hydrogen-bond donors (Lipinski definition) is 0. The van der Waals surface area contributed by atoms with Gasteiger partial charge >= 0.3 is 0 Å². The van der Waals surface area contributed by atoms with Crippen molar-refractivity contribution in [2.24, 2.45) is 0 Å². The van der Waals surface area contributed by atoms with Gasteiger partial charge in [0.2, 0.25) is 0 Å². The summed E-state index contributed by atoms with van der Waals surface area (Å²) in [6.07, 6.45) is 1.13. The van der Waals surface area contributed by atoms with Crippen molar-refractivity contribution >= 4 is 23.2 Å². The van der Waals surface area contributed by atoms with Crippen molar-refractivity contribution in [1.82, 2.24) is 0 Å². The molecule has 0 aromatic heterocycles. The Bertz CT molecular complexity index is 311. The van der Waals surface area contributed by atoms with Crippen LogP contribution in [0.1, 0.15) is 12.5 Å². The molecule has 0 fully saturated rings. The van der Waals surface area contributed by atoms with Crippen LogP contribution in [-0.2, 0) is 6.42 Å². The van der Waals surface area contributed by atoms with Crippen LogP contribution in [0.2, 0.25) is 10.0 Å². The van der Waals surface area contributed by atoms with E-state index in [0.29, 0.717) is 28.4 Å². The van der Waals surface area contributed by atoms with Crippen molar-refractivity contribution in [1.29, 1.82) is 0 Å². The number of allylic oxidation sites excluding steroid dienone is 1. The van der Waals surface area contributed by atoms with E-state index in [2.05, 4.69) is 0 Å². The first kappa shape index (κ1) is 10.6. The van der Waals surface area contributed by atoms with Gasteiger partial charge in [-0.05, 0) is 42.7 Å². The van der Waals surface area contributed by atoms with E-state index >= 15 is 0 Å². The number of halogens is 3. The zero-order chi connectivity index (χ0) is 9.84. The standard InChI is InChI=1S/C10H9Cl2F/c1-7(6-13)2-8-3-9(11)5-10(12)4-8/h3-6H,2H2,1H3/b7-6-. The Kier molecular flexibility index (Phi) is 3.76. The largest absolute Gasteiger partial charge is 0.216 e. The lowest BCUT2D eigenvalue weighted by Crippen LogP contribution is -1.86. The molecule has 13 heavy (non-hydrogen) atoms. The van der Waals surface area contributed by atoms with Gasteiger partial charge in [-0.1, -0.05) is 23.2 Å². The summed E-state index contributed by atoms with van der Waals surface area (Å²) in [5.74, 6) is 0. The van der Waals surface area contributed by atoms with Crippen LogP contribution >= 0.6 is 23.2 Å². The highest BCUT2D eigenvalue weighted by atomic mass is 35.5. The Morgan fingerprint density at radius 3 is 2.31 bits per heavy atom. The minimum atomic E-state index is 0.538. The van der Waals surface area contributed by atoms with Gasteiger partial charge in [0.1, 0.15) is 0 Å². The lowest BCUT2D eigenvalue weighted by Gasteiger charge is -2.02. The molecule has 70 valence electrons. The maximum Gasteiger partial charge on any atom is 0.0859 e. The molecule has 0 radical (unpaired) electrons. The summed E-state index contributed by atoms with van der Waals surface area (Å²) >= 11 is 11.6. The molecule has 0 atom stereocenters. The Morgan fingerprint density at radius 2 is 1.85 bits per heavy atom. The smallest absolute Gasteiger partial charge is 0.0859 e. The first-order valence-corrected chi connectivity index (χ1v) is 4.58.